The van der Waals surface area contributed by atoms with Gasteiger partial charge >= 0.3 is 0 Å². The highest BCUT2D eigenvalue weighted by Gasteiger charge is 2.47. The zero-order valence-electron chi connectivity index (χ0n) is 17.1. The summed E-state index contributed by atoms with van der Waals surface area (Å²) in [5, 5.41) is 11.6. The van der Waals surface area contributed by atoms with E-state index in [1.54, 1.807) is 48.5 Å². The lowest BCUT2D eigenvalue weighted by molar-refractivity contribution is -0.132. The van der Waals surface area contributed by atoms with Crippen LogP contribution in [0.3, 0.4) is 0 Å². The number of aliphatic hydroxyl groups is 1. The van der Waals surface area contributed by atoms with E-state index in [1.807, 2.05) is 6.92 Å². The van der Waals surface area contributed by atoms with E-state index in [0.717, 1.165) is 0 Å². The molecular formula is C25H19ClFNO4. The Morgan fingerprint density at radius 1 is 1.06 bits per heavy atom. The third-order valence-corrected chi connectivity index (χ3v) is 5.41. The number of nitrogens with zero attached hydrogens (tertiary/aromatic N) is 1. The van der Waals surface area contributed by atoms with Gasteiger partial charge in [0, 0.05) is 16.3 Å². The number of ether oxygens (including phenoxy) is 1. The molecular weight excluding hydrogens is 433 g/mol. The van der Waals surface area contributed by atoms with Gasteiger partial charge in [0.25, 0.3) is 11.7 Å². The van der Waals surface area contributed by atoms with Gasteiger partial charge in [-0.3, -0.25) is 14.5 Å². The number of hydrogen-bond acceptors (Lipinski definition) is 4. The Labute approximate surface area is 189 Å². The Kier molecular flexibility index (Phi) is 5.97. The first-order valence-electron chi connectivity index (χ1n) is 9.96. The topological polar surface area (TPSA) is 66.8 Å². The van der Waals surface area contributed by atoms with Crippen LogP contribution >= 0.6 is 11.6 Å². The van der Waals surface area contributed by atoms with Gasteiger partial charge in [0.15, 0.2) is 0 Å². The van der Waals surface area contributed by atoms with Crippen molar-refractivity contribution in [3.63, 3.8) is 0 Å². The number of rotatable bonds is 5. The van der Waals surface area contributed by atoms with Gasteiger partial charge in [-0.2, -0.15) is 0 Å². The quantitative estimate of drug-likeness (QED) is 0.316. The number of aliphatic hydroxyl groups excluding tert-OH is 1. The van der Waals surface area contributed by atoms with Gasteiger partial charge in [-0.05, 0) is 61.0 Å². The van der Waals surface area contributed by atoms with Crippen molar-refractivity contribution in [2.45, 2.75) is 13.0 Å². The van der Waals surface area contributed by atoms with Crippen LogP contribution in [-0.4, -0.2) is 23.4 Å². The lowest BCUT2D eigenvalue weighted by Gasteiger charge is -2.25. The molecule has 1 aliphatic rings. The molecule has 1 fully saturated rings. The molecule has 0 aromatic heterocycles. The van der Waals surface area contributed by atoms with E-state index < -0.39 is 23.5 Å². The molecule has 1 N–H and O–H groups in total. The molecule has 1 aliphatic heterocycles. The predicted octanol–water partition coefficient (Wildman–Crippen LogP) is 5.50. The van der Waals surface area contributed by atoms with Gasteiger partial charge in [0.2, 0.25) is 0 Å². The molecule has 0 spiro atoms. The third kappa shape index (κ3) is 3.97. The number of benzene rings is 3. The smallest absolute Gasteiger partial charge is 0.300 e. The van der Waals surface area contributed by atoms with Crippen molar-refractivity contribution in [2.75, 3.05) is 11.5 Å². The molecule has 5 nitrogen and oxygen atoms in total. The molecule has 0 aliphatic carbocycles. The molecule has 1 atom stereocenters. The maximum absolute atomic E-state index is 13.5. The minimum Gasteiger partial charge on any atom is -0.507 e. The number of hydrogen-bond donors (Lipinski definition) is 1. The van der Waals surface area contributed by atoms with Gasteiger partial charge in [-0.15, -0.1) is 0 Å². The number of carbonyl (C=O) groups excluding carboxylic acids is 2. The van der Waals surface area contributed by atoms with Gasteiger partial charge in [0.05, 0.1) is 18.2 Å². The molecule has 1 unspecified atom stereocenters. The summed E-state index contributed by atoms with van der Waals surface area (Å²) in [7, 11) is 0. The summed E-state index contributed by atoms with van der Waals surface area (Å²) in [6.07, 6.45) is 0. The summed E-state index contributed by atoms with van der Waals surface area (Å²) in [6.45, 7) is 2.27. The predicted molar refractivity (Wildman–Crippen MR) is 120 cm³/mol. The van der Waals surface area contributed by atoms with Crippen LogP contribution in [0.15, 0.2) is 78.4 Å². The highest BCUT2D eigenvalue weighted by Crippen LogP contribution is 2.42. The highest BCUT2D eigenvalue weighted by molar-refractivity contribution is 6.51. The highest BCUT2D eigenvalue weighted by atomic mass is 35.5. The van der Waals surface area contributed by atoms with Crippen molar-refractivity contribution < 1.29 is 23.8 Å². The molecule has 3 aromatic carbocycles. The average molecular weight is 452 g/mol. The fourth-order valence-corrected chi connectivity index (χ4v) is 3.84. The Balaban J connectivity index is 1.91. The number of carbonyl (C=O) groups is 2. The number of ketones is 1. The van der Waals surface area contributed by atoms with Crippen LogP contribution in [0.5, 0.6) is 5.75 Å². The molecule has 7 heteroatoms. The Bertz CT molecular complexity index is 1210. The first-order chi connectivity index (χ1) is 15.4. The van der Waals surface area contributed by atoms with E-state index in [4.69, 9.17) is 16.3 Å². The van der Waals surface area contributed by atoms with Crippen molar-refractivity contribution in [1.29, 1.82) is 0 Å². The standard InChI is InChI=1S/C25H19ClFNO4/c1-2-32-20-5-3-4-16(14-20)23(29)21-22(15-6-8-17(26)9-7-15)28(25(31)24(21)30)19-12-10-18(27)11-13-19/h3-14,22,29H,2H2,1H3/b23-21-. The molecule has 1 heterocycles. The summed E-state index contributed by atoms with van der Waals surface area (Å²) in [4.78, 5) is 27.4. The van der Waals surface area contributed by atoms with Gasteiger partial charge < -0.3 is 9.84 Å². The van der Waals surface area contributed by atoms with Crippen LogP contribution in [0.25, 0.3) is 5.76 Å². The Morgan fingerprint density at radius 2 is 1.75 bits per heavy atom. The van der Waals surface area contributed by atoms with Crippen LogP contribution < -0.4 is 9.64 Å². The number of anilines is 1. The summed E-state index contributed by atoms with van der Waals surface area (Å²) in [6, 6.07) is 17.6. The van der Waals surface area contributed by atoms with Crippen molar-refractivity contribution in [3.8, 4) is 5.75 Å². The van der Waals surface area contributed by atoms with Crippen LogP contribution in [0.1, 0.15) is 24.1 Å². The van der Waals surface area contributed by atoms with Crippen molar-refractivity contribution in [2.24, 2.45) is 0 Å². The fourth-order valence-electron chi connectivity index (χ4n) is 3.72. The fraction of sp³-hybridized carbons (Fsp3) is 0.120. The zero-order chi connectivity index (χ0) is 22.8. The third-order valence-electron chi connectivity index (χ3n) is 5.15. The van der Waals surface area contributed by atoms with E-state index in [1.165, 1.54) is 29.2 Å². The summed E-state index contributed by atoms with van der Waals surface area (Å²) in [5.74, 6) is -1.93. The maximum atomic E-state index is 13.5. The number of Topliss-reactive ketones (excluding diaryl/α,β-unsaturated/α-hetero) is 1. The lowest BCUT2D eigenvalue weighted by atomic mass is 9.95. The van der Waals surface area contributed by atoms with Crippen molar-refractivity contribution in [3.05, 3.63) is 100 Å². The molecule has 0 bridgehead atoms. The van der Waals surface area contributed by atoms with Crippen molar-refractivity contribution >= 4 is 34.7 Å². The normalized spacial score (nSPS) is 17.6. The van der Waals surface area contributed by atoms with Gasteiger partial charge in [-0.25, -0.2) is 4.39 Å². The van der Waals surface area contributed by atoms with E-state index in [9.17, 15) is 19.1 Å². The van der Waals surface area contributed by atoms with Gasteiger partial charge in [-0.1, -0.05) is 35.9 Å². The monoisotopic (exact) mass is 451 g/mol. The SMILES string of the molecule is CCOc1cccc(/C(O)=C2/C(=O)C(=O)N(c3ccc(F)cc3)C2c2ccc(Cl)cc2)c1. The van der Waals surface area contributed by atoms with E-state index in [-0.39, 0.29) is 11.3 Å². The first kappa shape index (κ1) is 21.6. The second-order valence-corrected chi connectivity index (χ2v) is 7.59. The van der Waals surface area contributed by atoms with Gasteiger partial charge in [0.1, 0.15) is 17.3 Å². The lowest BCUT2D eigenvalue weighted by Crippen LogP contribution is -2.29. The van der Waals surface area contributed by atoms with Crippen LogP contribution in [0.2, 0.25) is 5.02 Å². The number of amides is 1. The largest absolute Gasteiger partial charge is 0.507 e. The molecule has 4 rings (SSSR count). The summed E-state index contributed by atoms with van der Waals surface area (Å²) >= 11 is 6.02. The molecule has 1 saturated heterocycles. The Morgan fingerprint density at radius 3 is 2.41 bits per heavy atom. The van der Waals surface area contributed by atoms with E-state index >= 15 is 0 Å². The van der Waals surface area contributed by atoms with E-state index in [2.05, 4.69) is 0 Å². The average Bonchev–Trinajstić information content (AvgIpc) is 3.05. The molecule has 0 radical (unpaired) electrons. The minimum absolute atomic E-state index is 0.0738. The molecule has 32 heavy (non-hydrogen) atoms. The molecule has 0 saturated carbocycles. The van der Waals surface area contributed by atoms with Crippen LogP contribution in [-0.2, 0) is 9.59 Å². The summed E-state index contributed by atoms with van der Waals surface area (Å²) in [5.41, 5.74) is 1.17. The maximum Gasteiger partial charge on any atom is 0.300 e. The van der Waals surface area contributed by atoms with E-state index in [0.29, 0.717) is 34.2 Å². The second-order valence-electron chi connectivity index (χ2n) is 7.16. The second kappa shape index (κ2) is 8.85. The molecule has 3 aromatic rings. The minimum atomic E-state index is -0.923. The van der Waals surface area contributed by atoms with Crippen LogP contribution in [0, 0.1) is 5.82 Å². The molecule has 162 valence electrons. The molecule has 1 amide bonds. The summed E-state index contributed by atoms with van der Waals surface area (Å²) < 4.78 is 19.0. The van der Waals surface area contributed by atoms with Crippen LogP contribution in [0.4, 0.5) is 10.1 Å². The number of halogens is 2. The zero-order valence-corrected chi connectivity index (χ0v) is 17.8. The van der Waals surface area contributed by atoms with Crippen molar-refractivity contribution in [1.82, 2.24) is 0 Å². The Hall–Kier alpha value is -3.64. The first-order valence-corrected chi connectivity index (χ1v) is 10.3.